The van der Waals surface area contributed by atoms with E-state index in [0.717, 1.165) is 11.3 Å². The molecule has 0 aliphatic rings. The second kappa shape index (κ2) is 5.80. The Bertz CT molecular complexity index is 570. The normalized spacial score (nSPS) is 12.2. The molecule has 3 nitrogen and oxygen atoms in total. The first-order valence-corrected chi connectivity index (χ1v) is 6.08. The van der Waals surface area contributed by atoms with Crippen molar-refractivity contribution in [3.05, 3.63) is 59.2 Å². The number of aliphatic hydroxyl groups is 1. The highest BCUT2D eigenvalue weighted by Crippen LogP contribution is 2.22. The van der Waals surface area contributed by atoms with Crippen LogP contribution in [0.4, 0.5) is 4.39 Å². The smallest absolute Gasteiger partial charge is 0.165 e. The third-order valence-electron chi connectivity index (χ3n) is 2.92. The van der Waals surface area contributed by atoms with E-state index in [1.54, 1.807) is 19.2 Å². The average molecular weight is 261 g/mol. The minimum Gasteiger partial charge on any atom is -0.484 e. The Morgan fingerprint density at radius 2 is 2.16 bits per heavy atom. The molecule has 0 aliphatic carbocycles. The molecule has 1 aromatic carbocycles. The lowest BCUT2D eigenvalue weighted by Gasteiger charge is -2.10. The first kappa shape index (κ1) is 13.5. The molecule has 19 heavy (non-hydrogen) atoms. The summed E-state index contributed by atoms with van der Waals surface area (Å²) >= 11 is 0. The van der Waals surface area contributed by atoms with E-state index >= 15 is 0 Å². The molecule has 0 fully saturated rings. The van der Waals surface area contributed by atoms with Crippen LogP contribution in [-0.4, -0.2) is 10.1 Å². The van der Waals surface area contributed by atoms with E-state index in [0.29, 0.717) is 5.56 Å². The third-order valence-corrected chi connectivity index (χ3v) is 2.92. The molecular formula is C15H16FNO2. The van der Waals surface area contributed by atoms with E-state index < -0.39 is 11.9 Å². The largest absolute Gasteiger partial charge is 0.484 e. The van der Waals surface area contributed by atoms with Gasteiger partial charge in [-0.15, -0.1) is 0 Å². The van der Waals surface area contributed by atoms with Gasteiger partial charge in [-0.05, 0) is 43.2 Å². The molecule has 2 rings (SSSR count). The molecule has 0 radical (unpaired) electrons. The van der Waals surface area contributed by atoms with Gasteiger partial charge >= 0.3 is 0 Å². The highest BCUT2D eigenvalue weighted by molar-refractivity contribution is 5.30. The minimum absolute atomic E-state index is 0.162. The second-order valence-electron chi connectivity index (χ2n) is 4.42. The molecule has 0 saturated carbocycles. The molecule has 0 amide bonds. The predicted octanol–water partition coefficient (Wildman–Crippen LogP) is 3.16. The van der Waals surface area contributed by atoms with E-state index in [9.17, 15) is 9.50 Å². The van der Waals surface area contributed by atoms with Crippen molar-refractivity contribution in [3.8, 4) is 5.75 Å². The number of ether oxygens (including phenoxy) is 1. The van der Waals surface area contributed by atoms with Crippen molar-refractivity contribution in [1.82, 2.24) is 4.98 Å². The fourth-order valence-corrected chi connectivity index (χ4v) is 1.71. The van der Waals surface area contributed by atoms with Crippen LogP contribution in [-0.2, 0) is 6.61 Å². The summed E-state index contributed by atoms with van der Waals surface area (Å²) in [5.41, 5.74) is 2.31. The maximum Gasteiger partial charge on any atom is 0.165 e. The summed E-state index contributed by atoms with van der Waals surface area (Å²) in [7, 11) is 0. The predicted molar refractivity (Wildman–Crippen MR) is 70.3 cm³/mol. The number of halogens is 1. The van der Waals surface area contributed by atoms with Gasteiger partial charge in [-0.1, -0.05) is 12.1 Å². The van der Waals surface area contributed by atoms with Gasteiger partial charge in [0.2, 0.25) is 0 Å². The van der Waals surface area contributed by atoms with Crippen LogP contribution in [0.25, 0.3) is 0 Å². The molecule has 1 N–H and O–H groups in total. The number of hydrogen-bond donors (Lipinski definition) is 1. The van der Waals surface area contributed by atoms with Gasteiger partial charge in [0.1, 0.15) is 6.61 Å². The van der Waals surface area contributed by atoms with Crippen molar-refractivity contribution in [2.24, 2.45) is 0 Å². The molecule has 4 heteroatoms. The lowest BCUT2D eigenvalue weighted by atomic mass is 10.1. The van der Waals surface area contributed by atoms with Crippen molar-refractivity contribution in [2.75, 3.05) is 0 Å². The van der Waals surface area contributed by atoms with Gasteiger partial charge in [-0.3, -0.25) is 4.98 Å². The van der Waals surface area contributed by atoms with Crippen LogP contribution in [0.15, 0.2) is 36.5 Å². The number of benzene rings is 1. The van der Waals surface area contributed by atoms with Crippen molar-refractivity contribution >= 4 is 0 Å². The van der Waals surface area contributed by atoms with Gasteiger partial charge in [0.25, 0.3) is 0 Å². The quantitative estimate of drug-likeness (QED) is 0.919. The molecule has 100 valence electrons. The summed E-state index contributed by atoms with van der Waals surface area (Å²) in [6.07, 6.45) is 0.986. The summed E-state index contributed by atoms with van der Waals surface area (Å²) in [6.45, 7) is 3.74. The summed E-state index contributed by atoms with van der Waals surface area (Å²) in [5, 5.41) is 9.37. The van der Waals surface area contributed by atoms with E-state index in [1.807, 2.05) is 19.1 Å². The Morgan fingerprint density at radius 1 is 1.37 bits per heavy atom. The number of nitrogens with zero attached hydrogens (tertiary/aromatic N) is 1. The maximum atomic E-state index is 13.8. The van der Waals surface area contributed by atoms with Crippen molar-refractivity contribution in [2.45, 2.75) is 26.6 Å². The SMILES string of the molecule is Cc1cccnc1COc1ccc([C@H](C)O)cc1F. The molecule has 1 heterocycles. The molecule has 1 aromatic heterocycles. The second-order valence-corrected chi connectivity index (χ2v) is 4.42. The first-order valence-electron chi connectivity index (χ1n) is 6.08. The van der Waals surface area contributed by atoms with Crippen LogP contribution in [0.5, 0.6) is 5.75 Å². The molecule has 2 aromatic rings. The van der Waals surface area contributed by atoms with Crippen molar-refractivity contribution in [3.63, 3.8) is 0 Å². The van der Waals surface area contributed by atoms with Gasteiger partial charge in [0.15, 0.2) is 11.6 Å². The van der Waals surface area contributed by atoms with Crippen LogP contribution in [0, 0.1) is 12.7 Å². The summed E-state index contributed by atoms with van der Waals surface area (Å²) in [5.74, 6) is -0.318. The maximum absolute atomic E-state index is 13.8. The zero-order chi connectivity index (χ0) is 13.8. The summed E-state index contributed by atoms with van der Waals surface area (Å²) < 4.78 is 19.2. The van der Waals surface area contributed by atoms with E-state index in [2.05, 4.69) is 4.98 Å². The number of aromatic nitrogens is 1. The van der Waals surface area contributed by atoms with Crippen molar-refractivity contribution in [1.29, 1.82) is 0 Å². The lowest BCUT2D eigenvalue weighted by molar-refractivity contribution is 0.198. The minimum atomic E-state index is -0.693. The number of hydrogen-bond acceptors (Lipinski definition) is 3. The summed E-state index contributed by atoms with van der Waals surface area (Å²) in [6, 6.07) is 8.23. The third kappa shape index (κ3) is 3.29. The summed E-state index contributed by atoms with van der Waals surface area (Å²) in [4.78, 5) is 4.18. The molecule has 1 atom stereocenters. The highest BCUT2D eigenvalue weighted by Gasteiger charge is 2.09. The Labute approximate surface area is 111 Å². The number of aryl methyl sites for hydroxylation is 1. The number of pyridine rings is 1. The van der Waals surface area contributed by atoms with Gasteiger partial charge in [0.05, 0.1) is 11.8 Å². The van der Waals surface area contributed by atoms with Crippen molar-refractivity contribution < 1.29 is 14.2 Å². The zero-order valence-corrected chi connectivity index (χ0v) is 10.9. The zero-order valence-electron chi connectivity index (χ0n) is 10.9. The average Bonchev–Trinajstić information content (AvgIpc) is 2.39. The van der Waals surface area contributed by atoms with Crippen LogP contribution >= 0.6 is 0 Å². The standard InChI is InChI=1S/C15H16FNO2/c1-10-4-3-7-17-14(10)9-19-15-6-5-12(11(2)18)8-13(15)16/h3-8,11,18H,9H2,1-2H3/t11-/m0/s1. The molecule has 0 bridgehead atoms. The van der Waals surface area contributed by atoms with Crippen LogP contribution in [0.2, 0.25) is 0 Å². The van der Waals surface area contributed by atoms with E-state index in [4.69, 9.17) is 4.74 Å². The Morgan fingerprint density at radius 3 is 2.79 bits per heavy atom. The van der Waals surface area contributed by atoms with Crippen LogP contribution in [0.3, 0.4) is 0 Å². The fraction of sp³-hybridized carbons (Fsp3) is 0.267. The van der Waals surface area contributed by atoms with Gasteiger partial charge in [0, 0.05) is 6.20 Å². The lowest BCUT2D eigenvalue weighted by Crippen LogP contribution is -2.02. The topological polar surface area (TPSA) is 42.4 Å². The Hall–Kier alpha value is -1.94. The Kier molecular flexibility index (Phi) is 4.12. The van der Waals surface area contributed by atoms with Gasteiger partial charge < -0.3 is 9.84 Å². The fourth-order valence-electron chi connectivity index (χ4n) is 1.71. The highest BCUT2D eigenvalue weighted by atomic mass is 19.1. The first-order chi connectivity index (χ1) is 9.08. The molecular weight excluding hydrogens is 245 g/mol. The Balaban J connectivity index is 2.10. The van der Waals surface area contributed by atoms with Gasteiger partial charge in [-0.2, -0.15) is 0 Å². The van der Waals surface area contributed by atoms with Crippen LogP contribution in [0.1, 0.15) is 29.8 Å². The molecule has 0 saturated heterocycles. The molecule has 0 aliphatic heterocycles. The van der Waals surface area contributed by atoms with E-state index in [-0.39, 0.29) is 12.4 Å². The number of aliphatic hydroxyl groups excluding tert-OH is 1. The van der Waals surface area contributed by atoms with E-state index in [1.165, 1.54) is 12.1 Å². The van der Waals surface area contributed by atoms with Crippen LogP contribution < -0.4 is 4.74 Å². The monoisotopic (exact) mass is 261 g/mol. The molecule has 0 unspecified atom stereocenters. The number of rotatable bonds is 4. The van der Waals surface area contributed by atoms with Gasteiger partial charge in [-0.25, -0.2) is 4.39 Å². The molecule has 0 spiro atoms.